The molecule has 27 heavy (non-hydrogen) atoms. The van der Waals surface area contributed by atoms with Crippen LogP contribution in [0.25, 0.3) is 11.0 Å². The summed E-state index contributed by atoms with van der Waals surface area (Å²) in [5.41, 5.74) is 2.87. The Bertz CT molecular complexity index is 802. The zero-order chi connectivity index (χ0) is 18.8. The molecule has 6 nitrogen and oxygen atoms in total. The molecule has 0 bridgehead atoms. The van der Waals surface area contributed by atoms with E-state index >= 15 is 0 Å². The number of likely N-dealkylation sites (tertiary alicyclic amines) is 1. The van der Waals surface area contributed by atoms with Crippen LogP contribution in [0.2, 0.25) is 0 Å². The van der Waals surface area contributed by atoms with Gasteiger partial charge in [0.25, 0.3) is 0 Å². The van der Waals surface area contributed by atoms with Gasteiger partial charge < -0.3 is 19.3 Å². The number of amides is 1. The minimum atomic E-state index is -0.804. The van der Waals surface area contributed by atoms with Gasteiger partial charge in [0.1, 0.15) is 5.75 Å². The van der Waals surface area contributed by atoms with Crippen LogP contribution in [0.3, 0.4) is 0 Å². The van der Waals surface area contributed by atoms with E-state index in [1.54, 1.807) is 0 Å². The third kappa shape index (κ3) is 3.89. The van der Waals surface area contributed by atoms with Gasteiger partial charge in [0.2, 0.25) is 0 Å². The second-order valence-corrected chi connectivity index (χ2v) is 7.97. The lowest BCUT2D eigenvalue weighted by Gasteiger charge is -2.29. The molecule has 0 unspecified atom stereocenters. The van der Waals surface area contributed by atoms with E-state index in [0.29, 0.717) is 25.1 Å². The van der Waals surface area contributed by atoms with E-state index in [2.05, 4.69) is 17.3 Å². The molecule has 6 heteroatoms. The highest BCUT2D eigenvalue weighted by atomic mass is 16.5. The van der Waals surface area contributed by atoms with Crippen molar-refractivity contribution in [1.82, 2.24) is 10.1 Å². The predicted octanol–water partition coefficient (Wildman–Crippen LogP) is 4.78. The van der Waals surface area contributed by atoms with Crippen molar-refractivity contribution >= 4 is 17.1 Å². The van der Waals surface area contributed by atoms with E-state index in [-0.39, 0.29) is 0 Å². The van der Waals surface area contributed by atoms with Crippen LogP contribution in [-0.2, 0) is 6.42 Å². The number of fused-ring (bicyclic) bond motifs is 1. The molecule has 2 fully saturated rings. The first kappa shape index (κ1) is 18.1. The van der Waals surface area contributed by atoms with E-state index in [1.807, 2.05) is 6.92 Å². The molecule has 0 atom stereocenters. The molecular formula is C21H28N2O4. The third-order valence-corrected chi connectivity index (χ3v) is 6.18. The first-order chi connectivity index (χ1) is 13.1. The second-order valence-electron chi connectivity index (χ2n) is 7.97. The molecule has 1 N–H and O–H groups in total. The number of hydrogen-bond acceptors (Lipinski definition) is 4. The number of rotatable bonds is 5. The van der Waals surface area contributed by atoms with Crippen LogP contribution >= 0.6 is 0 Å². The summed E-state index contributed by atoms with van der Waals surface area (Å²) in [5, 5.41) is 14.5. The molecule has 1 aromatic heterocycles. The molecule has 2 aliphatic rings. The zero-order valence-electron chi connectivity index (χ0n) is 15.9. The van der Waals surface area contributed by atoms with Gasteiger partial charge in [0.15, 0.2) is 5.58 Å². The maximum Gasteiger partial charge on any atom is 0.407 e. The maximum atomic E-state index is 11.0. The highest BCUT2D eigenvalue weighted by Crippen LogP contribution is 2.33. The molecular weight excluding hydrogens is 344 g/mol. The Labute approximate surface area is 159 Å². The number of aromatic nitrogens is 1. The lowest BCUT2D eigenvalue weighted by atomic mass is 9.91. The molecule has 1 saturated heterocycles. The highest BCUT2D eigenvalue weighted by molar-refractivity contribution is 5.84. The van der Waals surface area contributed by atoms with Gasteiger partial charge in [-0.3, -0.25) is 0 Å². The topological polar surface area (TPSA) is 75.8 Å². The van der Waals surface area contributed by atoms with E-state index < -0.39 is 6.09 Å². The number of hydrogen-bond donors (Lipinski definition) is 1. The van der Waals surface area contributed by atoms with Gasteiger partial charge in [0.05, 0.1) is 11.8 Å². The van der Waals surface area contributed by atoms with Crippen molar-refractivity contribution in [2.75, 3.05) is 13.1 Å². The SMILES string of the molecule is Cc1c(OC2CCCC2)ccc2c(CCC3CCN(C(=O)O)CC3)noc12. The number of nitrogens with zero attached hydrogens (tertiary/aromatic N) is 2. The van der Waals surface area contributed by atoms with Crippen LogP contribution in [0.1, 0.15) is 56.2 Å². The molecule has 0 radical (unpaired) electrons. The quantitative estimate of drug-likeness (QED) is 0.817. The summed E-state index contributed by atoms with van der Waals surface area (Å²) >= 11 is 0. The first-order valence-electron chi connectivity index (χ1n) is 10.1. The van der Waals surface area contributed by atoms with Crippen molar-refractivity contribution in [2.45, 2.75) is 64.4 Å². The molecule has 1 aliphatic heterocycles. The summed E-state index contributed by atoms with van der Waals surface area (Å²) in [6.07, 6.45) is 8.07. The Morgan fingerprint density at radius 3 is 2.70 bits per heavy atom. The highest BCUT2D eigenvalue weighted by Gasteiger charge is 2.23. The number of piperidine rings is 1. The van der Waals surface area contributed by atoms with Gasteiger partial charge >= 0.3 is 6.09 Å². The van der Waals surface area contributed by atoms with Gasteiger partial charge in [-0.1, -0.05) is 5.16 Å². The zero-order valence-corrected chi connectivity index (χ0v) is 15.9. The maximum absolute atomic E-state index is 11.0. The molecule has 0 spiro atoms. The Hall–Kier alpha value is -2.24. The van der Waals surface area contributed by atoms with Crippen LogP contribution in [0, 0.1) is 12.8 Å². The summed E-state index contributed by atoms with van der Waals surface area (Å²) in [5.74, 6) is 1.47. The summed E-state index contributed by atoms with van der Waals surface area (Å²) in [4.78, 5) is 12.5. The van der Waals surface area contributed by atoms with E-state index in [9.17, 15) is 4.79 Å². The standard InChI is InChI=1S/C21H28N2O4/c1-14-19(26-16-4-2-3-5-16)9-7-17-18(22-27-20(14)17)8-6-15-10-12-23(13-11-15)21(24)25/h7,9,15-16H,2-6,8,10-13H2,1H3,(H,24,25). The fourth-order valence-electron chi connectivity index (χ4n) is 4.42. The smallest absolute Gasteiger partial charge is 0.407 e. The first-order valence-corrected chi connectivity index (χ1v) is 10.1. The lowest BCUT2D eigenvalue weighted by molar-refractivity contribution is 0.123. The Kier molecular flexibility index (Phi) is 5.23. The number of carboxylic acid groups (broad SMARTS) is 1. The van der Waals surface area contributed by atoms with Gasteiger partial charge in [0, 0.05) is 24.0 Å². The Morgan fingerprint density at radius 2 is 2.00 bits per heavy atom. The molecule has 1 amide bonds. The largest absolute Gasteiger partial charge is 0.490 e. The van der Waals surface area contributed by atoms with Crippen LogP contribution in [0.15, 0.2) is 16.7 Å². The fourth-order valence-corrected chi connectivity index (χ4v) is 4.42. The van der Waals surface area contributed by atoms with Crippen molar-refractivity contribution in [1.29, 1.82) is 0 Å². The Balaban J connectivity index is 1.40. The summed E-state index contributed by atoms with van der Waals surface area (Å²) in [7, 11) is 0. The number of benzene rings is 1. The van der Waals surface area contributed by atoms with Gasteiger partial charge in [-0.25, -0.2) is 4.79 Å². The van der Waals surface area contributed by atoms with Crippen LogP contribution in [0.5, 0.6) is 5.75 Å². The van der Waals surface area contributed by atoms with Gasteiger partial charge in [-0.05, 0) is 76.3 Å². The van der Waals surface area contributed by atoms with E-state index in [0.717, 1.165) is 66.5 Å². The van der Waals surface area contributed by atoms with Crippen LogP contribution < -0.4 is 4.74 Å². The number of ether oxygens (including phenoxy) is 1. The normalized spacial score (nSPS) is 19.1. The van der Waals surface area contributed by atoms with Crippen LogP contribution in [0.4, 0.5) is 4.79 Å². The van der Waals surface area contributed by atoms with Crippen molar-refractivity contribution < 1.29 is 19.2 Å². The average Bonchev–Trinajstić information content (AvgIpc) is 3.33. The molecule has 4 rings (SSSR count). The van der Waals surface area contributed by atoms with Crippen LogP contribution in [-0.4, -0.2) is 40.4 Å². The summed E-state index contributed by atoms with van der Waals surface area (Å²) < 4.78 is 11.8. The number of aryl methyl sites for hydroxylation is 2. The lowest BCUT2D eigenvalue weighted by Crippen LogP contribution is -2.37. The van der Waals surface area contributed by atoms with Crippen molar-refractivity contribution in [2.24, 2.45) is 5.92 Å². The van der Waals surface area contributed by atoms with Gasteiger partial charge in [-0.2, -0.15) is 0 Å². The summed E-state index contributed by atoms with van der Waals surface area (Å²) in [6, 6.07) is 4.13. The predicted molar refractivity (Wildman–Crippen MR) is 102 cm³/mol. The third-order valence-electron chi connectivity index (χ3n) is 6.18. The van der Waals surface area contributed by atoms with E-state index in [4.69, 9.17) is 14.4 Å². The minimum absolute atomic E-state index is 0.334. The Morgan fingerprint density at radius 1 is 1.26 bits per heavy atom. The molecule has 1 aromatic carbocycles. The molecule has 1 aliphatic carbocycles. The molecule has 2 aromatic rings. The fraction of sp³-hybridized carbons (Fsp3) is 0.619. The van der Waals surface area contributed by atoms with Gasteiger partial charge in [-0.15, -0.1) is 0 Å². The molecule has 1 saturated carbocycles. The molecule has 2 heterocycles. The monoisotopic (exact) mass is 372 g/mol. The van der Waals surface area contributed by atoms with Crippen molar-refractivity contribution in [3.05, 3.63) is 23.4 Å². The van der Waals surface area contributed by atoms with E-state index in [1.165, 1.54) is 17.7 Å². The minimum Gasteiger partial charge on any atom is -0.490 e. The average molecular weight is 372 g/mol. The summed E-state index contributed by atoms with van der Waals surface area (Å²) in [6.45, 7) is 3.32. The molecule has 146 valence electrons. The van der Waals surface area contributed by atoms with Crippen molar-refractivity contribution in [3.8, 4) is 5.75 Å². The van der Waals surface area contributed by atoms with Crippen molar-refractivity contribution in [3.63, 3.8) is 0 Å². The number of carbonyl (C=O) groups is 1. The second kappa shape index (κ2) is 7.79.